The standard InChI is InChI=1S/2C13H22N6.H2O4S/c2*1-4-7-10-16-13-18-11(14-8-5-2)17-12(19-13)15-9-6-3;1-5(2,3)4/h2*2H,4,6-10H2,1,3H3,(H3,14,15,16,17,18,19);(H2,1,2,3,4). The van der Waals surface area contributed by atoms with E-state index < -0.39 is 10.4 Å². The first kappa shape index (κ1) is 38.8. The van der Waals surface area contributed by atoms with E-state index in [0.29, 0.717) is 48.8 Å². The van der Waals surface area contributed by atoms with Gasteiger partial charge in [-0.2, -0.15) is 38.3 Å². The van der Waals surface area contributed by atoms with Crippen LogP contribution < -0.4 is 31.9 Å². The third-order valence-corrected chi connectivity index (χ3v) is 4.66. The number of rotatable bonds is 18. The van der Waals surface area contributed by atoms with Gasteiger partial charge in [-0.05, 0) is 25.7 Å². The molecule has 2 aromatic rings. The van der Waals surface area contributed by atoms with E-state index in [4.69, 9.17) is 30.4 Å². The van der Waals surface area contributed by atoms with Gasteiger partial charge in [0, 0.05) is 26.2 Å². The van der Waals surface area contributed by atoms with Gasteiger partial charge in [0.25, 0.3) is 0 Å². The lowest BCUT2D eigenvalue weighted by molar-refractivity contribution is 0.381. The molecule has 240 valence electrons. The van der Waals surface area contributed by atoms with Crippen LogP contribution in [0.4, 0.5) is 35.7 Å². The first-order valence-corrected chi connectivity index (χ1v) is 15.5. The van der Waals surface area contributed by atoms with Crippen LogP contribution in [0.5, 0.6) is 0 Å². The van der Waals surface area contributed by atoms with Crippen molar-refractivity contribution >= 4 is 46.1 Å². The molecule has 2 aromatic heterocycles. The minimum atomic E-state index is -4.67. The Bertz CT molecular complexity index is 1130. The van der Waals surface area contributed by atoms with Gasteiger partial charge >= 0.3 is 10.4 Å². The van der Waals surface area contributed by atoms with E-state index in [0.717, 1.165) is 64.7 Å². The SMILES string of the molecule is C#CCNc1nc(NCCC)nc(NCCCC)n1.C#CCNc1nc(NCCC)nc(NCCCC)n1.O=S(=O)(O)O. The highest BCUT2D eigenvalue weighted by atomic mass is 32.3. The van der Waals surface area contributed by atoms with Crippen LogP contribution >= 0.6 is 0 Å². The molecule has 0 radical (unpaired) electrons. The highest BCUT2D eigenvalue weighted by Gasteiger charge is 2.06. The van der Waals surface area contributed by atoms with Crippen LogP contribution in [-0.2, 0) is 10.4 Å². The van der Waals surface area contributed by atoms with Crippen molar-refractivity contribution in [2.45, 2.75) is 66.2 Å². The van der Waals surface area contributed by atoms with E-state index in [-0.39, 0.29) is 0 Å². The molecular weight excluding hydrogens is 576 g/mol. The summed E-state index contributed by atoms with van der Waals surface area (Å²) in [5.74, 6) is 8.25. The zero-order valence-corrected chi connectivity index (χ0v) is 26.3. The van der Waals surface area contributed by atoms with Gasteiger partial charge in [-0.15, -0.1) is 12.8 Å². The maximum absolute atomic E-state index is 8.74. The summed E-state index contributed by atoms with van der Waals surface area (Å²) in [5.41, 5.74) is 0. The van der Waals surface area contributed by atoms with Crippen molar-refractivity contribution in [3.8, 4) is 24.7 Å². The lowest BCUT2D eigenvalue weighted by Gasteiger charge is -2.09. The lowest BCUT2D eigenvalue weighted by Crippen LogP contribution is -2.13. The highest BCUT2D eigenvalue weighted by molar-refractivity contribution is 7.79. The summed E-state index contributed by atoms with van der Waals surface area (Å²) >= 11 is 0. The Labute approximate surface area is 255 Å². The molecule has 8 N–H and O–H groups in total. The minimum Gasteiger partial charge on any atom is -0.354 e. The van der Waals surface area contributed by atoms with Crippen LogP contribution in [0.25, 0.3) is 0 Å². The van der Waals surface area contributed by atoms with Crippen molar-refractivity contribution < 1.29 is 17.5 Å². The van der Waals surface area contributed by atoms with Crippen molar-refractivity contribution in [2.24, 2.45) is 0 Å². The molecule has 2 rings (SSSR count). The number of hydrogen-bond donors (Lipinski definition) is 8. The molecule has 0 aliphatic heterocycles. The summed E-state index contributed by atoms with van der Waals surface area (Å²) in [4.78, 5) is 25.7. The van der Waals surface area contributed by atoms with Gasteiger partial charge in [-0.25, -0.2) is 0 Å². The van der Waals surface area contributed by atoms with Crippen LogP contribution in [-0.4, -0.2) is 86.7 Å². The van der Waals surface area contributed by atoms with Crippen LogP contribution in [0.15, 0.2) is 0 Å². The monoisotopic (exact) mass is 622 g/mol. The number of unbranched alkanes of at least 4 members (excludes halogenated alkanes) is 2. The Morgan fingerprint density at radius 1 is 0.535 bits per heavy atom. The van der Waals surface area contributed by atoms with Crippen LogP contribution in [0, 0.1) is 24.7 Å². The van der Waals surface area contributed by atoms with Crippen molar-refractivity contribution in [3.63, 3.8) is 0 Å². The molecule has 0 aliphatic rings. The van der Waals surface area contributed by atoms with Crippen molar-refractivity contribution in [3.05, 3.63) is 0 Å². The normalized spacial score (nSPS) is 9.95. The zero-order valence-electron chi connectivity index (χ0n) is 25.4. The molecule has 0 spiro atoms. The van der Waals surface area contributed by atoms with E-state index in [9.17, 15) is 0 Å². The molecule has 0 fully saturated rings. The Balaban J connectivity index is 0.000000709. The van der Waals surface area contributed by atoms with Crippen molar-refractivity contribution in [1.29, 1.82) is 0 Å². The molecule has 43 heavy (non-hydrogen) atoms. The maximum Gasteiger partial charge on any atom is 0.394 e. The van der Waals surface area contributed by atoms with Gasteiger partial charge in [0.1, 0.15) is 0 Å². The topological polar surface area (TPSA) is 224 Å². The van der Waals surface area contributed by atoms with Gasteiger partial charge in [0.2, 0.25) is 35.7 Å². The number of nitrogens with one attached hydrogen (secondary N) is 6. The van der Waals surface area contributed by atoms with E-state index in [1.54, 1.807) is 0 Å². The molecule has 0 aliphatic carbocycles. The van der Waals surface area contributed by atoms with Gasteiger partial charge < -0.3 is 31.9 Å². The summed E-state index contributed by atoms with van der Waals surface area (Å²) in [5, 5.41) is 18.6. The molecule has 0 bridgehead atoms. The fourth-order valence-electron chi connectivity index (χ4n) is 2.71. The summed E-state index contributed by atoms with van der Waals surface area (Å²) < 4.78 is 31.6. The maximum atomic E-state index is 8.74. The first-order chi connectivity index (χ1) is 20.6. The predicted octanol–water partition coefficient (Wildman–Crippen LogP) is 3.25. The molecule has 0 saturated carbocycles. The summed E-state index contributed by atoms with van der Waals surface area (Å²) in [7, 11) is -4.67. The number of aromatic nitrogens is 6. The molecule has 0 atom stereocenters. The molecule has 0 unspecified atom stereocenters. The second-order valence-electron chi connectivity index (χ2n) is 8.59. The largest absolute Gasteiger partial charge is 0.394 e. The summed E-state index contributed by atoms with van der Waals surface area (Å²) in [6.07, 6.45) is 16.9. The average Bonchev–Trinajstić information content (AvgIpc) is 2.96. The first-order valence-electron chi connectivity index (χ1n) is 14.1. The number of nitrogens with zero attached hydrogens (tertiary/aromatic N) is 6. The number of hydrogen-bond acceptors (Lipinski definition) is 14. The minimum absolute atomic E-state index is 0.394. The van der Waals surface area contributed by atoms with Gasteiger partial charge in [0.15, 0.2) is 0 Å². The van der Waals surface area contributed by atoms with E-state index in [1.807, 2.05) is 0 Å². The second-order valence-corrected chi connectivity index (χ2v) is 9.49. The number of anilines is 6. The molecular formula is C26H46N12O4S. The Morgan fingerprint density at radius 2 is 0.791 bits per heavy atom. The number of terminal acetylenes is 2. The van der Waals surface area contributed by atoms with E-state index in [2.05, 4.69) is 101 Å². The fraction of sp³-hybridized carbons (Fsp3) is 0.615. The van der Waals surface area contributed by atoms with Gasteiger partial charge in [-0.3, -0.25) is 9.11 Å². The quantitative estimate of drug-likeness (QED) is 0.0678. The van der Waals surface area contributed by atoms with E-state index in [1.165, 1.54) is 0 Å². The van der Waals surface area contributed by atoms with Crippen LogP contribution in [0.1, 0.15) is 66.2 Å². The summed E-state index contributed by atoms with van der Waals surface area (Å²) in [6, 6.07) is 0. The lowest BCUT2D eigenvalue weighted by atomic mass is 10.3. The van der Waals surface area contributed by atoms with Crippen LogP contribution in [0.3, 0.4) is 0 Å². The highest BCUT2D eigenvalue weighted by Crippen LogP contribution is 2.10. The van der Waals surface area contributed by atoms with E-state index >= 15 is 0 Å². The van der Waals surface area contributed by atoms with Gasteiger partial charge in [-0.1, -0.05) is 52.4 Å². The van der Waals surface area contributed by atoms with Crippen molar-refractivity contribution in [2.75, 3.05) is 71.2 Å². The predicted molar refractivity (Wildman–Crippen MR) is 173 cm³/mol. The molecule has 16 nitrogen and oxygen atoms in total. The molecule has 0 saturated heterocycles. The second kappa shape index (κ2) is 24.4. The third kappa shape index (κ3) is 23.1. The third-order valence-electron chi connectivity index (χ3n) is 4.66. The Kier molecular flexibility index (Phi) is 22.0. The molecule has 2 heterocycles. The average molecular weight is 623 g/mol. The zero-order chi connectivity index (χ0) is 32.3. The van der Waals surface area contributed by atoms with Gasteiger partial charge in [0.05, 0.1) is 13.1 Å². The fourth-order valence-corrected chi connectivity index (χ4v) is 2.71. The van der Waals surface area contributed by atoms with Crippen LogP contribution in [0.2, 0.25) is 0 Å². The Hall–Kier alpha value is -4.19. The smallest absolute Gasteiger partial charge is 0.354 e. The Morgan fingerprint density at radius 3 is 1.02 bits per heavy atom. The molecule has 0 amide bonds. The summed E-state index contributed by atoms with van der Waals surface area (Å²) in [6.45, 7) is 12.6. The van der Waals surface area contributed by atoms with Crippen molar-refractivity contribution in [1.82, 2.24) is 29.9 Å². The molecule has 0 aromatic carbocycles. The molecule has 17 heteroatoms.